The third-order valence-corrected chi connectivity index (χ3v) is 6.48. The van der Waals surface area contributed by atoms with Gasteiger partial charge in [-0.2, -0.15) is 5.10 Å². The molecule has 0 unspecified atom stereocenters. The van der Waals surface area contributed by atoms with Crippen LogP contribution >= 0.6 is 0 Å². The van der Waals surface area contributed by atoms with Crippen molar-refractivity contribution in [1.82, 2.24) is 20.4 Å². The van der Waals surface area contributed by atoms with Gasteiger partial charge in [-0.1, -0.05) is 68.4 Å². The molecule has 1 aliphatic rings. The molecular formula is C27H33FN4O. The summed E-state index contributed by atoms with van der Waals surface area (Å²) in [6, 6.07) is 17.7. The van der Waals surface area contributed by atoms with Crippen molar-refractivity contribution in [1.29, 1.82) is 0 Å². The molecule has 174 valence electrons. The normalized spacial score (nSPS) is 19.6. The minimum atomic E-state index is -0.977. The van der Waals surface area contributed by atoms with Crippen LogP contribution in [0.2, 0.25) is 0 Å². The van der Waals surface area contributed by atoms with E-state index in [2.05, 4.69) is 53.6 Å². The van der Waals surface area contributed by atoms with Crippen LogP contribution in [0.3, 0.4) is 0 Å². The van der Waals surface area contributed by atoms with Gasteiger partial charge in [0.05, 0.1) is 18.3 Å². The highest BCUT2D eigenvalue weighted by molar-refractivity contribution is 5.83. The van der Waals surface area contributed by atoms with Gasteiger partial charge >= 0.3 is 0 Å². The van der Waals surface area contributed by atoms with Crippen LogP contribution in [0.15, 0.2) is 67.0 Å². The lowest BCUT2D eigenvalue weighted by atomic mass is 9.95. The third kappa shape index (κ3) is 5.88. The fourth-order valence-electron chi connectivity index (χ4n) is 4.58. The van der Waals surface area contributed by atoms with Crippen molar-refractivity contribution in [3.8, 4) is 0 Å². The molecule has 0 saturated carbocycles. The molecule has 6 heteroatoms. The third-order valence-electron chi connectivity index (χ3n) is 6.48. The first-order chi connectivity index (χ1) is 16.0. The lowest BCUT2D eigenvalue weighted by molar-refractivity contribution is -0.126. The van der Waals surface area contributed by atoms with Crippen molar-refractivity contribution >= 4 is 5.91 Å². The van der Waals surface area contributed by atoms with Gasteiger partial charge < -0.3 is 5.32 Å². The number of hydrogen-bond donors (Lipinski definition) is 2. The summed E-state index contributed by atoms with van der Waals surface area (Å²) in [5.74, 6) is 0.333. The second-order valence-corrected chi connectivity index (χ2v) is 9.23. The van der Waals surface area contributed by atoms with Crippen molar-refractivity contribution in [2.45, 2.75) is 57.3 Å². The van der Waals surface area contributed by atoms with E-state index in [-0.39, 0.29) is 18.4 Å². The molecule has 1 saturated heterocycles. The Bertz CT molecular complexity index is 1000. The summed E-state index contributed by atoms with van der Waals surface area (Å²) >= 11 is 0. The highest BCUT2D eigenvalue weighted by Gasteiger charge is 2.37. The van der Waals surface area contributed by atoms with Crippen LogP contribution in [0.5, 0.6) is 0 Å². The van der Waals surface area contributed by atoms with E-state index >= 15 is 0 Å². The van der Waals surface area contributed by atoms with Crippen LogP contribution in [0.25, 0.3) is 0 Å². The highest BCUT2D eigenvalue weighted by atomic mass is 19.1. The molecule has 3 atom stereocenters. The standard InChI is InChI=1S/C27H33FN4O/c1-19(2)21-10-12-23(13-11-21)26(22-8-4-3-5-9-22)31-27(33)25-15-24(28)18-32(25)14-6-7-20-16-29-30-17-20/h3-5,8-13,16-17,19,24-26H,6-7,14-15,18H2,1-2H3,(H,29,30)(H,31,33)/t24-,25+,26+/m1/s1. The van der Waals surface area contributed by atoms with Crippen LogP contribution in [0.4, 0.5) is 4.39 Å². The molecule has 0 bridgehead atoms. The van der Waals surface area contributed by atoms with E-state index in [1.165, 1.54) is 5.56 Å². The van der Waals surface area contributed by atoms with E-state index in [9.17, 15) is 9.18 Å². The maximum absolute atomic E-state index is 14.4. The van der Waals surface area contributed by atoms with E-state index in [1.54, 1.807) is 6.20 Å². The largest absolute Gasteiger partial charge is 0.344 e. The number of carbonyl (C=O) groups is 1. The molecule has 5 nitrogen and oxygen atoms in total. The van der Waals surface area contributed by atoms with Crippen molar-refractivity contribution in [3.05, 3.63) is 89.2 Å². The summed E-state index contributed by atoms with van der Waals surface area (Å²) in [4.78, 5) is 15.4. The molecule has 2 heterocycles. The molecule has 2 N–H and O–H groups in total. The van der Waals surface area contributed by atoms with E-state index in [4.69, 9.17) is 0 Å². The lowest BCUT2D eigenvalue weighted by Crippen LogP contribution is -2.45. The monoisotopic (exact) mass is 448 g/mol. The molecule has 0 radical (unpaired) electrons. The van der Waals surface area contributed by atoms with Gasteiger partial charge in [-0.3, -0.25) is 14.8 Å². The highest BCUT2D eigenvalue weighted by Crippen LogP contribution is 2.27. The molecule has 1 amide bonds. The van der Waals surface area contributed by atoms with Gasteiger partial charge in [0.25, 0.3) is 0 Å². The maximum Gasteiger partial charge on any atom is 0.238 e. The number of alkyl halides is 1. The average Bonchev–Trinajstić information content (AvgIpc) is 3.47. The number of aromatic nitrogens is 2. The smallest absolute Gasteiger partial charge is 0.238 e. The Labute approximate surface area is 195 Å². The second kappa shape index (κ2) is 10.8. The maximum atomic E-state index is 14.4. The van der Waals surface area contributed by atoms with Gasteiger partial charge in [-0.05, 0) is 47.6 Å². The van der Waals surface area contributed by atoms with Crippen LogP contribution in [0, 0.1) is 0 Å². The number of H-pyrrole nitrogens is 1. The zero-order chi connectivity index (χ0) is 23.2. The van der Waals surface area contributed by atoms with Crippen molar-refractivity contribution in [3.63, 3.8) is 0 Å². The quantitative estimate of drug-likeness (QED) is 0.495. The summed E-state index contributed by atoms with van der Waals surface area (Å²) in [7, 11) is 0. The van der Waals surface area contributed by atoms with Crippen molar-refractivity contribution in [2.75, 3.05) is 13.1 Å². The number of nitrogens with one attached hydrogen (secondary N) is 2. The number of benzene rings is 2. The Balaban J connectivity index is 1.48. The van der Waals surface area contributed by atoms with E-state index in [0.29, 0.717) is 19.0 Å². The zero-order valence-electron chi connectivity index (χ0n) is 19.4. The average molecular weight is 449 g/mol. The van der Waals surface area contributed by atoms with Gasteiger partial charge in [0.2, 0.25) is 5.91 Å². The molecule has 4 rings (SSSR count). The molecule has 33 heavy (non-hydrogen) atoms. The Hall–Kier alpha value is -2.99. The molecule has 1 aliphatic heterocycles. The number of amides is 1. The number of hydrogen-bond acceptors (Lipinski definition) is 3. The fraction of sp³-hybridized carbons (Fsp3) is 0.407. The second-order valence-electron chi connectivity index (χ2n) is 9.23. The summed E-state index contributed by atoms with van der Waals surface area (Å²) in [5.41, 5.74) is 4.43. The minimum absolute atomic E-state index is 0.111. The van der Waals surface area contributed by atoms with Gasteiger partial charge in [0.1, 0.15) is 6.17 Å². The summed E-state index contributed by atoms with van der Waals surface area (Å²) in [5, 5.41) is 10.0. The first-order valence-corrected chi connectivity index (χ1v) is 11.8. The molecule has 1 aromatic heterocycles. The van der Waals surface area contributed by atoms with Crippen molar-refractivity contribution < 1.29 is 9.18 Å². The van der Waals surface area contributed by atoms with E-state index in [0.717, 1.165) is 29.5 Å². The Morgan fingerprint density at radius 1 is 1.12 bits per heavy atom. The SMILES string of the molecule is CC(C)c1ccc([C@@H](NC(=O)[C@@H]2C[C@@H](F)CN2CCCc2cn[nH]c2)c2ccccc2)cc1. The van der Waals surface area contributed by atoms with Gasteiger partial charge in [0.15, 0.2) is 0 Å². The minimum Gasteiger partial charge on any atom is -0.344 e. The molecular weight excluding hydrogens is 415 g/mol. The van der Waals surface area contributed by atoms with E-state index in [1.807, 2.05) is 41.4 Å². The first-order valence-electron chi connectivity index (χ1n) is 11.8. The van der Waals surface area contributed by atoms with Gasteiger partial charge in [-0.15, -0.1) is 0 Å². The number of aryl methyl sites for hydroxylation is 1. The molecule has 3 aromatic rings. The molecule has 0 aliphatic carbocycles. The number of likely N-dealkylation sites (tertiary alicyclic amines) is 1. The number of halogens is 1. The first kappa shape index (κ1) is 23.2. The van der Waals surface area contributed by atoms with Gasteiger partial charge in [0, 0.05) is 19.2 Å². The number of rotatable bonds is 9. The van der Waals surface area contributed by atoms with Crippen molar-refractivity contribution in [2.24, 2.45) is 0 Å². The fourth-order valence-corrected chi connectivity index (χ4v) is 4.58. The molecule has 2 aromatic carbocycles. The Morgan fingerprint density at radius 2 is 1.82 bits per heavy atom. The van der Waals surface area contributed by atoms with Gasteiger partial charge in [-0.25, -0.2) is 4.39 Å². The van der Waals surface area contributed by atoms with Crippen LogP contribution in [-0.4, -0.2) is 46.3 Å². The summed E-state index contributed by atoms with van der Waals surface area (Å²) < 4.78 is 14.4. The van der Waals surface area contributed by atoms with Crippen LogP contribution in [-0.2, 0) is 11.2 Å². The molecule has 1 fully saturated rings. The van der Waals surface area contributed by atoms with Crippen LogP contribution in [0.1, 0.15) is 60.9 Å². The zero-order valence-corrected chi connectivity index (χ0v) is 19.4. The number of nitrogens with zero attached hydrogens (tertiary/aromatic N) is 2. The summed E-state index contributed by atoms with van der Waals surface area (Å²) in [6.45, 7) is 5.32. The van der Waals surface area contributed by atoms with E-state index < -0.39 is 12.2 Å². The number of aromatic amines is 1. The lowest BCUT2D eigenvalue weighted by Gasteiger charge is -2.27. The predicted octanol–water partition coefficient (Wildman–Crippen LogP) is 4.78. The number of carbonyl (C=O) groups excluding carboxylic acids is 1. The molecule has 0 spiro atoms. The Morgan fingerprint density at radius 3 is 2.48 bits per heavy atom. The van der Waals surface area contributed by atoms with Crippen LogP contribution < -0.4 is 5.32 Å². The topological polar surface area (TPSA) is 61.0 Å². The Kier molecular flexibility index (Phi) is 7.55. The summed E-state index contributed by atoms with van der Waals surface area (Å²) in [6.07, 6.45) is 4.66. The predicted molar refractivity (Wildman–Crippen MR) is 129 cm³/mol.